The lowest BCUT2D eigenvalue weighted by Gasteiger charge is -2.04. The van der Waals surface area contributed by atoms with Gasteiger partial charge in [-0.3, -0.25) is 9.89 Å². The van der Waals surface area contributed by atoms with Crippen LogP contribution in [0.15, 0.2) is 65.5 Å². The van der Waals surface area contributed by atoms with Gasteiger partial charge in [0, 0.05) is 18.4 Å². The van der Waals surface area contributed by atoms with Crippen LogP contribution in [0.3, 0.4) is 0 Å². The van der Waals surface area contributed by atoms with Crippen LogP contribution in [0.5, 0.6) is 0 Å². The van der Waals surface area contributed by atoms with Gasteiger partial charge in [-0.15, -0.1) is 0 Å². The third-order valence-corrected chi connectivity index (χ3v) is 4.56. The van der Waals surface area contributed by atoms with Gasteiger partial charge in [-0.1, -0.05) is 60.7 Å². The van der Waals surface area contributed by atoms with Gasteiger partial charge in [-0.25, -0.2) is 4.98 Å². The van der Waals surface area contributed by atoms with Crippen LogP contribution in [0.4, 0.5) is 0 Å². The molecule has 4 aromatic rings. The zero-order valence-corrected chi connectivity index (χ0v) is 14.6. The minimum absolute atomic E-state index is 0.0742. The van der Waals surface area contributed by atoms with E-state index in [1.54, 1.807) is 0 Å². The fourth-order valence-corrected chi connectivity index (χ4v) is 3.12. The van der Waals surface area contributed by atoms with E-state index in [9.17, 15) is 4.79 Å². The lowest BCUT2D eigenvalue weighted by atomic mass is 10.1. The fraction of sp³-hybridized carbons (Fsp3) is 0.190. The molecule has 0 atom stereocenters. The Hall–Kier alpha value is -3.21. The maximum absolute atomic E-state index is 12.9. The van der Waals surface area contributed by atoms with Gasteiger partial charge in [0.05, 0.1) is 5.69 Å². The molecule has 0 amide bonds. The molecule has 0 saturated heterocycles. The van der Waals surface area contributed by atoms with Gasteiger partial charge in [0.2, 0.25) is 0 Å². The Bertz CT molecular complexity index is 1080. The smallest absolute Gasteiger partial charge is 0.275 e. The Morgan fingerprint density at radius 3 is 2.23 bits per heavy atom. The van der Waals surface area contributed by atoms with E-state index in [4.69, 9.17) is 0 Å². The number of hydrogen-bond acceptors (Lipinski definition) is 3. The standard InChI is InChI=1S/C21H20N4O/c1-15-18(14-17-10-6-3-7-11-17)20(26)25-21(22-15)23-19(24-25)13-12-16-8-4-2-5-9-16/h2-11H,12-14H2,1H3,(H,22,23,24). The Balaban J connectivity index is 1.63. The van der Waals surface area contributed by atoms with Gasteiger partial charge in [0.25, 0.3) is 11.3 Å². The van der Waals surface area contributed by atoms with E-state index in [-0.39, 0.29) is 5.56 Å². The highest BCUT2D eigenvalue weighted by Crippen LogP contribution is 2.10. The first-order valence-electron chi connectivity index (χ1n) is 8.75. The summed E-state index contributed by atoms with van der Waals surface area (Å²) in [6.07, 6.45) is 2.17. The molecule has 0 radical (unpaired) electrons. The minimum atomic E-state index is -0.0742. The molecule has 0 aliphatic rings. The van der Waals surface area contributed by atoms with Crippen molar-refractivity contribution in [3.05, 3.63) is 99.2 Å². The summed E-state index contributed by atoms with van der Waals surface area (Å²) in [5.41, 5.74) is 3.70. The second-order valence-electron chi connectivity index (χ2n) is 6.43. The molecule has 0 unspecified atom stereocenters. The minimum Gasteiger partial charge on any atom is -0.275 e. The van der Waals surface area contributed by atoms with Crippen LogP contribution in [0.1, 0.15) is 28.2 Å². The monoisotopic (exact) mass is 344 g/mol. The first-order valence-corrected chi connectivity index (χ1v) is 8.75. The average Bonchev–Trinajstić information content (AvgIpc) is 3.08. The SMILES string of the molecule is Cc1nc2nc(CCc3ccccc3)[nH]n2c(=O)c1Cc1ccccc1. The van der Waals surface area contributed by atoms with Crippen LogP contribution in [-0.4, -0.2) is 19.6 Å². The van der Waals surface area contributed by atoms with Crippen molar-refractivity contribution in [1.29, 1.82) is 0 Å². The number of H-pyrrole nitrogens is 1. The Morgan fingerprint density at radius 2 is 1.54 bits per heavy atom. The van der Waals surface area contributed by atoms with E-state index in [0.29, 0.717) is 17.8 Å². The molecule has 26 heavy (non-hydrogen) atoms. The number of aromatic nitrogens is 4. The van der Waals surface area contributed by atoms with Crippen LogP contribution in [0, 0.1) is 6.92 Å². The molecule has 0 saturated carbocycles. The Morgan fingerprint density at radius 1 is 0.885 bits per heavy atom. The summed E-state index contributed by atoms with van der Waals surface area (Å²) in [6, 6.07) is 20.2. The van der Waals surface area contributed by atoms with Crippen molar-refractivity contribution in [1.82, 2.24) is 19.6 Å². The summed E-state index contributed by atoms with van der Waals surface area (Å²) in [5.74, 6) is 1.21. The van der Waals surface area contributed by atoms with Gasteiger partial charge in [-0.2, -0.15) is 9.50 Å². The molecule has 130 valence electrons. The number of benzene rings is 2. The Kier molecular flexibility index (Phi) is 4.35. The molecule has 0 spiro atoms. The zero-order chi connectivity index (χ0) is 17.9. The van der Waals surface area contributed by atoms with E-state index < -0.39 is 0 Å². The molecule has 0 aliphatic carbocycles. The summed E-state index contributed by atoms with van der Waals surface area (Å²) in [5, 5.41) is 3.12. The van der Waals surface area contributed by atoms with Gasteiger partial charge in [0.15, 0.2) is 0 Å². The molecule has 0 bridgehead atoms. The summed E-state index contributed by atoms with van der Waals surface area (Å²) in [4.78, 5) is 21.9. The molecule has 2 aromatic carbocycles. The van der Waals surface area contributed by atoms with Crippen molar-refractivity contribution in [2.24, 2.45) is 0 Å². The van der Waals surface area contributed by atoms with Crippen LogP contribution in [-0.2, 0) is 19.3 Å². The Labute approximate surface area is 151 Å². The zero-order valence-electron chi connectivity index (χ0n) is 14.6. The van der Waals surface area contributed by atoms with Crippen LogP contribution < -0.4 is 5.56 Å². The molecule has 2 heterocycles. The summed E-state index contributed by atoms with van der Waals surface area (Å²) >= 11 is 0. The van der Waals surface area contributed by atoms with E-state index >= 15 is 0 Å². The highest BCUT2D eigenvalue weighted by molar-refractivity contribution is 5.35. The maximum atomic E-state index is 12.9. The van der Waals surface area contributed by atoms with Gasteiger partial charge in [-0.05, 0) is 24.5 Å². The topological polar surface area (TPSA) is 63.1 Å². The molecule has 4 rings (SSSR count). The molecule has 0 fully saturated rings. The molecular weight excluding hydrogens is 324 g/mol. The van der Waals surface area contributed by atoms with E-state index in [2.05, 4.69) is 27.2 Å². The van der Waals surface area contributed by atoms with Crippen molar-refractivity contribution in [2.45, 2.75) is 26.2 Å². The van der Waals surface area contributed by atoms with Crippen molar-refractivity contribution in [3.63, 3.8) is 0 Å². The predicted octanol–water partition coefficient (Wildman–Crippen LogP) is 3.10. The number of hydrogen-bond donors (Lipinski definition) is 1. The first-order chi connectivity index (χ1) is 12.7. The number of aryl methyl sites for hydroxylation is 3. The average molecular weight is 344 g/mol. The van der Waals surface area contributed by atoms with Crippen molar-refractivity contribution in [3.8, 4) is 0 Å². The van der Waals surface area contributed by atoms with Gasteiger partial charge >= 0.3 is 0 Å². The second kappa shape index (κ2) is 6.96. The number of nitrogens with one attached hydrogen (secondary N) is 1. The van der Waals surface area contributed by atoms with Gasteiger partial charge < -0.3 is 0 Å². The largest absolute Gasteiger partial charge is 0.277 e. The molecule has 2 aromatic heterocycles. The lowest BCUT2D eigenvalue weighted by Crippen LogP contribution is -2.22. The molecule has 1 N–H and O–H groups in total. The highest BCUT2D eigenvalue weighted by atomic mass is 16.1. The molecule has 5 heteroatoms. The quantitative estimate of drug-likeness (QED) is 0.605. The van der Waals surface area contributed by atoms with E-state index in [1.807, 2.05) is 55.5 Å². The third-order valence-electron chi connectivity index (χ3n) is 4.56. The molecular formula is C21H20N4O. The molecule has 0 aliphatic heterocycles. The van der Waals surface area contributed by atoms with Crippen molar-refractivity contribution >= 4 is 5.78 Å². The first kappa shape index (κ1) is 16.3. The maximum Gasteiger partial charge on any atom is 0.277 e. The van der Waals surface area contributed by atoms with Crippen LogP contribution in [0.2, 0.25) is 0 Å². The number of fused-ring (bicyclic) bond motifs is 1. The number of rotatable bonds is 5. The van der Waals surface area contributed by atoms with E-state index in [1.165, 1.54) is 10.1 Å². The normalized spacial score (nSPS) is 11.1. The van der Waals surface area contributed by atoms with Crippen molar-refractivity contribution in [2.75, 3.05) is 0 Å². The predicted molar refractivity (Wildman–Crippen MR) is 101 cm³/mol. The summed E-state index contributed by atoms with van der Waals surface area (Å²) in [6.45, 7) is 1.87. The second-order valence-corrected chi connectivity index (χ2v) is 6.43. The number of nitrogens with zero attached hydrogens (tertiary/aromatic N) is 3. The third kappa shape index (κ3) is 3.28. The fourth-order valence-electron chi connectivity index (χ4n) is 3.12. The lowest BCUT2D eigenvalue weighted by molar-refractivity contribution is 0.807. The van der Waals surface area contributed by atoms with Crippen LogP contribution >= 0.6 is 0 Å². The van der Waals surface area contributed by atoms with Crippen molar-refractivity contribution < 1.29 is 0 Å². The van der Waals surface area contributed by atoms with Gasteiger partial charge in [0.1, 0.15) is 5.82 Å². The summed E-state index contributed by atoms with van der Waals surface area (Å²) < 4.78 is 1.46. The van der Waals surface area contributed by atoms with E-state index in [0.717, 1.165) is 29.9 Å². The summed E-state index contributed by atoms with van der Waals surface area (Å²) in [7, 11) is 0. The molecule has 5 nitrogen and oxygen atoms in total. The van der Waals surface area contributed by atoms with Crippen LogP contribution in [0.25, 0.3) is 5.78 Å². The number of aromatic amines is 1. The highest BCUT2D eigenvalue weighted by Gasteiger charge is 2.13.